The van der Waals surface area contributed by atoms with Crippen LogP contribution in [0.5, 0.6) is 0 Å². The minimum atomic E-state index is -4.67. The van der Waals surface area contributed by atoms with Crippen molar-refractivity contribution in [2.75, 3.05) is 37.7 Å². The molecule has 0 aromatic heterocycles. The summed E-state index contributed by atoms with van der Waals surface area (Å²) in [5, 5.41) is 14.0. The summed E-state index contributed by atoms with van der Waals surface area (Å²) in [5.41, 5.74) is -1.57. The third-order valence-electron chi connectivity index (χ3n) is 5.28. The van der Waals surface area contributed by atoms with Crippen molar-refractivity contribution in [3.8, 4) is 0 Å². The smallest absolute Gasteiger partial charge is 0.363 e. The van der Waals surface area contributed by atoms with Gasteiger partial charge in [-0.25, -0.2) is 9.69 Å². The van der Waals surface area contributed by atoms with Crippen LogP contribution in [-0.2, 0) is 11.0 Å². The number of anilines is 1. The Morgan fingerprint density at radius 2 is 1.83 bits per heavy atom. The number of nitro groups is 1. The number of hydrogen-bond acceptors (Lipinski definition) is 6. The number of carbonyl (C=O) groups is 2. The van der Waals surface area contributed by atoms with Gasteiger partial charge in [0.05, 0.1) is 17.2 Å². The van der Waals surface area contributed by atoms with Crippen LogP contribution in [0.2, 0.25) is 0 Å². The van der Waals surface area contributed by atoms with Crippen LogP contribution >= 0.6 is 0 Å². The van der Waals surface area contributed by atoms with Gasteiger partial charge in [-0.3, -0.25) is 19.8 Å². The van der Waals surface area contributed by atoms with Crippen LogP contribution in [0.25, 0.3) is 0 Å². The number of halogens is 3. The zero-order valence-electron chi connectivity index (χ0n) is 16.5. The first-order valence-electron chi connectivity index (χ1n) is 9.44. The molecular formula is C18H22F3N5O4. The van der Waals surface area contributed by atoms with Gasteiger partial charge in [-0.2, -0.15) is 13.2 Å². The van der Waals surface area contributed by atoms with Gasteiger partial charge in [0, 0.05) is 32.2 Å². The van der Waals surface area contributed by atoms with E-state index in [0.717, 1.165) is 17.0 Å². The van der Waals surface area contributed by atoms with Gasteiger partial charge >= 0.3 is 12.2 Å². The SMILES string of the molecule is CC(C)[C@@H]1NC(=O)N(CN2CCN(c3ccc(C(F)(F)F)cc3[N+](=O)[O-])CC2)C1=O. The molecule has 2 aliphatic heterocycles. The lowest BCUT2D eigenvalue weighted by Gasteiger charge is -2.36. The van der Waals surface area contributed by atoms with Gasteiger partial charge in [0.1, 0.15) is 11.7 Å². The molecule has 30 heavy (non-hydrogen) atoms. The van der Waals surface area contributed by atoms with Crippen LogP contribution in [0.1, 0.15) is 19.4 Å². The van der Waals surface area contributed by atoms with Crippen LogP contribution in [0.15, 0.2) is 18.2 Å². The van der Waals surface area contributed by atoms with E-state index in [0.29, 0.717) is 32.2 Å². The van der Waals surface area contributed by atoms with E-state index in [1.807, 2.05) is 18.7 Å². The van der Waals surface area contributed by atoms with E-state index in [4.69, 9.17) is 0 Å². The second-order valence-electron chi connectivity index (χ2n) is 7.64. The van der Waals surface area contributed by atoms with Gasteiger partial charge in [-0.1, -0.05) is 13.8 Å². The van der Waals surface area contributed by atoms with Crippen molar-refractivity contribution >= 4 is 23.3 Å². The highest BCUT2D eigenvalue weighted by Gasteiger charge is 2.40. The molecule has 2 fully saturated rings. The number of amides is 3. The molecule has 1 atom stereocenters. The molecular weight excluding hydrogens is 407 g/mol. The quantitative estimate of drug-likeness (QED) is 0.438. The average Bonchev–Trinajstić information content (AvgIpc) is 2.96. The molecule has 2 saturated heterocycles. The summed E-state index contributed by atoms with van der Waals surface area (Å²) >= 11 is 0. The number of piperazine rings is 1. The molecule has 0 saturated carbocycles. The third kappa shape index (κ3) is 4.32. The molecule has 0 radical (unpaired) electrons. The molecule has 0 spiro atoms. The molecule has 3 rings (SSSR count). The number of nitro benzene ring substituents is 1. The number of imide groups is 1. The number of alkyl halides is 3. The van der Waals surface area contributed by atoms with Gasteiger partial charge in [0.25, 0.3) is 11.6 Å². The van der Waals surface area contributed by atoms with Crippen molar-refractivity contribution in [1.82, 2.24) is 15.1 Å². The van der Waals surface area contributed by atoms with Gasteiger partial charge in [0.15, 0.2) is 0 Å². The lowest BCUT2D eigenvalue weighted by atomic mass is 10.1. The Morgan fingerprint density at radius 3 is 2.33 bits per heavy atom. The Labute approximate surface area is 170 Å². The van der Waals surface area contributed by atoms with E-state index in [-0.39, 0.29) is 24.2 Å². The Kier molecular flexibility index (Phi) is 5.88. The first-order valence-corrected chi connectivity index (χ1v) is 9.44. The van der Waals surface area contributed by atoms with Crippen molar-refractivity contribution in [3.63, 3.8) is 0 Å². The predicted octanol–water partition coefficient (Wildman–Crippen LogP) is 2.27. The monoisotopic (exact) mass is 429 g/mol. The van der Waals surface area contributed by atoms with Crippen LogP contribution in [0, 0.1) is 16.0 Å². The van der Waals surface area contributed by atoms with Gasteiger partial charge in [0.2, 0.25) is 0 Å². The number of urea groups is 1. The Balaban J connectivity index is 1.67. The summed E-state index contributed by atoms with van der Waals surface area (Å²) in [4.78, 5) is 39.6. The maximum absolute atomic E-state index is 12.9. The summed E-state index contributed by atoms with van der Waals surface area (Å²) in [5.74, 6) is -0.334. The molecule has 9 nitrogen and oxygen atoms in total. The van der Waals surface area contributed by atoms with Crippen molar-refractivity contribution in [2.24, 2.45) is 5.92 Å². The van der Waals surface area contributed by atoms with Crippen LogP contribution in [0.4, 0.5) is 29.3 Å². The van der Waals surface area contributed by atoms with Crippen molar-refractivity contribution in [3.05, 3.63) is 33.9 Å². The molecule has 3 amide bonds. The zero-order valence-corrected chi connectivity index (χ0v) is 16.5. The molecule has 12 heteroatoms. The lowest BCUT2D eigenvalue weighted by molar-refractivity contribution is -0.384. The third-order valence-corrected chi connectivity index (χ3v) is 5.28. The van der Waals surface area contributed by atoms with E-state index in [1.165, 1.54) is 0 Å². The summed E-state index contributed by atoms with van der Waals surface area (Å²) in [6, 6.07) is 1.46. The first-order chi connectivity index (χ1) is 14.0. The Morgan fingerprint density at radius 1 is 1.20 bits per heavy atom. The molecule has 0 unspecified atom stereocenters. The number of hydrogen-bond donors (Lipinski definition) is 1. The number of benzene rings is 1. The molecule has 0 bridgehead atoms. The maximum atomic E-state index is 12.9. The lowest BCUT2D eigenvalue weighted by Crippen LogP contribution is -2.51. The van der Waals surface area contributed by atoms with Gasteiger partial charge in [-0.15, -0.1) is 0 Å². The van der Waals surface area contributed by atoms with Gasteiger partial charge in [-0.05, 0) is 18.1 Å². The second-order valence-corrected chi connectivity index (χ2v) is 7.64. The fourth-order valence-corrected chi connectivity index (χ4v) is 3.57. The first kappa shape index (κ1) is 21.8. The number of nitrogens with one attached hydrogen (secondary N) is 1. The normalized spacial score (nSPS) is 20.8. The number of nitrogens with zero attached hydrogens (tertiary/aromatic N) is 4. The summed E-state index contributed by atoms with van der Waals surface area (Å²) in [7, 11) is 0. The predicted molar refractivity (Wildman–Crippen MR) is 101 cm³/mol. The van der Waals surface area contributed by atoms with Crippen molar-refractivity contribution < 1.29 is 27.7 Å². The molecule has 1 aromatic rings. The van der Waals surface area contributed by atoms with E-state index in [2.05, 4.69) is 5.32 Å². The van der Waals surface area contributed by atoms with E-state index in [1.54, 1.807) is 4.90 Å². The maximum Gasteiger partial charge on any atom is 0.416 e. The number of rotatable bonds is 5. The fraction of sp³-hybridized carbons (Fsp3) is 0.556. The molecule has 164 valence electrons. The molecule has 0 aliphatic carbocycles. The van der Waals surface area contributed by atoms with Crippen LogP contribution in [0.3, 0.4) is 0 Å². The second kappa shape index (κ2) is 8.09. The molecule has 1 N–H and O–H groups in total. The fourth-order valence-electron chi connectivity index (χ4n) is 3.57. The Hall–Kier alpha value is -2.89. The van der Waals surface area contributed by atoms with Gasteiger partial charge < -0.3 is 10.2 Å². The highest BCUT2D eigenvalue weighted by molar-refractivity contribution is 6.04. The van der Waals surface area contributed by atoms with Crippen LogP contribution in [-0.4, -0.2) is 65.6 Å². The molecule has 1 aromatic carbocycles. The number of carbonyl (C=O) groups excluding carboxylic acids is 2. The molecule has 2 heterocycles. The summed E-state index contributed by atoms with van der Waals surface area (Å²) < 4.78 is 38.6. The minimum Gasteiger partial charge on any atom is -0.363 e. The van der Waals surface area contributed by atoms with E-state index >= 15 is 0 Å². The standard InChI is InChI=1S/C18H22F3N5O4/c1-11(2)15-16(27)25(17(28)22-15)10-23-5-7-24(8-6-23)13-4-3-12(18(19,20)21)9-14(13)26(29)30/h3-4,9,11,15H,5-8,10H2,1-2H3,(H,22,28)/t15-/m0/s1. The topological polar surface area (TPSA) is 99.0 Å². The van der Waals surface area contributed by atoms with Crippen LogP contribution < -0.4 is 10.2 Å². The highest BCUT2D eigenvalue weighted by atomic mass is 19.4. The average molecular weight is 429 g/mol. The minimum absolute atomic E-state index is 0.0384. The summed E-state index contributed by atoms with van der Waals surface area (Å²) in [6.45, 7) is 5.16. The van der Waals surface area contributed by atoms with Crippen molar-refractivity contribution in [2.45, 2.75) is 26.1 Å². The largest absolute Gasteiger partial charge is 0.416 e. The van der Waals surface area contributed by atoms with E-state index < -0.39 is 34.4 Å². The molecule has 2 aliphatic rings. The van der Waals surface area contributed by atoms with Crippen molar-refractivity contribution in [1.29, 1.82) is 0 Å². The summed E-state index contributed by atoms with van der Waals surface area (Å²) in [6.07, 6.45) is -4.67. The Bertz CT molecular complexity index is 853. The van der Waals surface area contributed by atoms with E-state index in [9.17, 15) is 32.9 Å². The zero-order chi connectivity index (χ0) is 22.2. The highest BCUT2D eigenvalue weighted by Crippen LogP contribution is 2.36.